The average molecular weight is 401 g/mol. The number of amides is 1. The highest BCUT2D eigenvalue weighted by Gasteiger charge is 2.19. The predicted octanol–water partition coefficient (Wildman–Crippen LogP) is 3.32. The predicted molar refractivity (Wildman–Crippen MR) is 99.6 cm³/mol. The number of nitrogens with one attached hydrogen (secondary N) is 1. The number of ether oxygens (including phenoxy) is 2. The van der Waals surface area contributed by atoms with E-state index < -0.39 is 23.5 Å². The highest BCUT2D eigenvalue weighted by atomic mass is 19.1. The molecule has 0 saturated carbocycles. The van der Waals surface area contributed by atoms with Crippen molar-refractivity contribution in [3.63, 3.8) is 0 Å². The van der Waals surface area contributed by atoms with E-state index in [1.165, 1.54) is 24.1 Å². The maximum absolute atomic E-state index is 13.7. The van der Waals surface area contributed by atoms with E-state index >= 15 is 0 Å². The number of hydrogen-bond donors (Lipinski definition) is 1. The number of anilines is 1. The highest BCUT2D eigenvalue weighted by Crippen LogP contribution is 2.20. The summed E-state index contributed by atoms with van der Waals surface area (Å²) in [5.41, 5.74) is 1.21. The first-order valence-corrected chi connectivity index (χ1v) is 8.47. The Bertz CT molecular complexity index is 1070. The lowest BCUT2D eigenvalue weighted by Crippen LogP contribution is -2.16. The third-order valence-electron chi connectivity index (χ3n) is 4.04. The third-order valence-corrected chi connectivity index (χ3v) is 4.04. The van der Waals surface area contributed by atoms with Gasteiger partial charge < -0.3 is 14.8 Å². The van der Waals surface area contributed by atoms with Crippen LogP contribution in [0, 0.1) is 11.6 Å². The van der Waals surface area contributed by atoms with Gasteiger partial charge in [-0.05, 0) is 29.8 Å². The van der Waals surface area contributed by atoms with Crippen molar-refractivity contribution < 1.29 is 27.8 Å². The zero-order chi connectivity index (χ0) is 21.0. The second-order valence-corrected chi connectivity index (χ2v) is 6.04. The van der Waals surface area contributed by atoms with Gasteiger partial charge in [0.2, 0.25) is 0 Å². The minimum Gasteiger partial charge on any atom is -0.486 e. The zero-order valence-corrected chi connectivity index (χ0v) is 15.6. The summed E-state index contributed by atoms with van der Waals surface area (Å²) in [5, 5.41) is 6.56. The van der Waals surface area contributed by atoms with E-state index in [4.69, 9.17) is 9.47 Å². The Morgan fingerprint density at radius 2 is 1.97 bits per heavy atom. The van der Waals surface area contributed by atoms with Crippen LogP contribution in [0.1, 0.15) is 26.4 Å². The van der Waals surface area contributed by atoms with E-state index in [9.17, 15) is 18.4 Å². The monoisotopic (exact) mass is 401 g/mol. The van der Waals surface area contributed by atoms with Crippen molar-refractivity contribution in [2.45, 2.75) is 6.61 Å². The van der Waals surface area contributed by atoms with Gasteiger partial charge in [-0.3, -0.25) is 9.48 Å². The summed E-state index contributed by atoms with van der Waals surface area (Å²) in [5.74, 6) is -2.72. The third kappa shape index (κ3) is 4.57. The number of esters is 1. The van der Waals surface area contributed by atoms with Gasteiger partial charge in [0.05, 0.1) is 19.0 Å². The Morgan fingerprint density at radius 1 is 1.17 bits per heavy atom. The minimum absolute atomic E-state index is 0.0238. The van der Waals surface area contributed by atoms with Crippen molar-refractivity contribution in [1.82, 2.24) is 9.78 Å². The zero-order valence-electron chi connectivity index (χ0n) is 15.6. The number of carbonyl (C=O) groups excluding carboxylic acids is 2. The van der Waals surface area contributed by atoms with Crippen molar-refractivity contribution in [1.29, 1.82) is 0 Å². The quantitative estimate of drug-likeness (QED) is 0.641. The highest BCUT2D eigenvalue weighted by molar-refractivity contribution is 6.07. The summed E-state index contributed by atoms with van der Waals surface area (Å²) in [4.78, 5) is 24.4. The lowest BCUT2D eigenvalue weighted by Gasteiger charge is -2.09. The lowest BCUT2D eigenvalue weighted by molar-refractivity contribution is 0.0589. The summed E-state index contributed by atoms with van der Waals surface area (Å²) in [7, 11) is 2.78. The molecule has 7 nitrogen and oxygen atoms in total. The van der Waals surface area contributed by atoms with Gasteiger partial charge in [0.25, 0.3) is 5.91 Å². The van der Waals surface area contributed by atoms with Crippen LogP contribution in [0.25, 0.3) is 0 Å². The Morgan fingerprint density at radius 3 is 2.69 bits per heavy atom. The van der Waals surface area contributed by atoms with E-state index in [0.717, 1.165) is 12.1 Å². The van der Waals surface area contributed by atoms with Gasteiger partial charge in [-0.2, -0.15) is 5.10 Å². The fourth-order valence-corrected chi connectivity index (χ4v) is 2.62. The van der Waals surface area contributed by atoms with E-state index in [-0.39, 0.29) is 23.7 Å². The van der Waals surface area contributed by atoms with Crippen LogP contribution >= 0.6 is 0 Å². The number of aromatic nitrogens is 2. The number of benzene rings is 2. The van der Waals surface area contributed by atoms with Crippen LogP contribution in [0.15, 0.2) is 48.7 Å². The fraction of sp³-hybridized carbons (Fsp3) is 0.150. The normalized spacial score (nSPS) is 10.5. The SMILES string of the molecule is COC(=O)c1c(NC(=O)c2cccc(COc3ccc(F)cc3F)c2)cnn1C. The maximum atomic E-state index is 13.7. The lowest BCUT2D eigenvalue weighted by atomic mass is 10.1. The second kappa shape index (κ2) is 8.51. The molecule has 150 valence electrons. The first-order chi connectivity index (χ1) is 13.9. The maximum Gasteiger partial charge on any atom is 0.358 e. The van der Waals surface area contributed by atoms with Crippen molar-refractivity contribution >= 4 is 17.6 Å². The minimum atomic E-state index is -0.814. The van der Waals surface area contributed by atoms with Crippen LogP contribution in [0.2, 0.25) is 0 Å². The smallest absolute Gasteiger partial charge is 0.358 e. The molecule has 0 saturated heterocycles. The van der Waals surface area contributed by atoms with Gasteiger partial charge in [-0.25, -0.2) is 13.6 Å². The standard InChI is InChI=1S/C20H17F2N3O4/c1-25-18(20(27)28-2)16(10-23-25)24-19(26)13-5-3-4-12(8-13)11-29-17-7-6-14(21)9-15(17)22/h3-10H,11H2,1-2H3,(H,24,26). The van der Waals surface area contributed by atoms with Crippen LogP contribution in [0.5, 0.6) is 5.75 Å². The summed E-state index contributed by atoms with van der Waals surface area (Å²) >= 11 is 0. The molecule has 0 atom stereocenters. The number of nitrogens with zero attached hydrogens (tertiary/aromatic N) is 2. The topological polar surface area (TPSA) is 82.4 Å². The molecule has 3 rings (SSSR count). The Labute approximate surface area is 164 Å². The number of aryl methyl sites for hydroxylation is 1. The molecule has 0 spiro atoms. The molecule has 1 N–H and O–H groups in total. The van der Waals surface area contributed by atoms with Crippen LogP contribution in [0.4, 0.5) is 14.5 Å². The van der Waals surface area contributed by atoms with Crippen LogP contribution in [-0.2, 0) is 18.4 Å². The fourth-order valence-electron chi connectivity index (χ4n) is 2.62. The molecule has 1 amide bonds. The Kier molecular flexibility index (Phi) is 5.87. The molecular weight excluding hydrogens is 384 g/mol. The van der Waals surface area contributed by atoms with Gasteiger partial charge in [-0.1, -0.05) is 12.1 Å². The van der Waals surface area contributed by atoms with Gasteiger partial charge in [-0.15, -0.1) is 0 Å². The van der Waals surface area contributed by atoms with Crippen molar-refractivity contribution in [3.05, 3.63) is 77.1 Å². The molecular formula is C20H17F2N3O4. The largest absolute Gasteiger partial charge is 0.486 e. The number of halogens is 2. The van der Waals surface area contributed by atoms with Gasteiger partial charge in [0, 0.05) is 18.7 Å². The molecule has 0 aliphatic heterocycles. The Hall–Kier alpha value is -3.75. The van der Waals surface area contributed by atoms with Crippen LogP contribution in [0.3, 0.4) is 0 Å². The van der Waals surface area contributed by atoms with Gasteiger partial charge in [0.1, 0.15) is 12.4 Å². The molecule has 0 aliphatic carbocycles. The first kappa shape index (κ1) is 20.0. The first-order valence-electron chi connectivity index (χ1n) is 8.47. The van der Waals surface area contributed by atoms with Crippen molar-refractivity contribution in [2.75, 3.05) is 12.4 Å². The number of carbonyl (C=O) groups is 2. The van der Waals surface area contributed by atoms with Crippen LogP contribution in [-0.4, -0.2) is 28.8 Å². The van der Waals surface area contributed by atoms with Crippen LogP contribution < -0.4 is 10.1 Å². The molecule has 9 heteroatoms. The van der Waals surface area contributed by atoms with E-state index in [0.29, 0.717) is 11.1 Å². The summed E-state index contributed by atoms with van der Waals surface area (Å²) in [6, 6.07) is 9.48. The van der Waals surface area contributed by atoms with Gasteiger partial charge in [0.15, 0.2) is 17.3 Å². The molecule has 1 aromatic heterocycles. The Balaban J connectivity index is 1.72. The summed E-state index contributed by atoms with van der Waals surface area (Å²) in [6.07, 6.45) is 1.34. The van der Waals surface area contributed by atoms with Gasteiger partial charge >= 0.3 is 5.97 Å². The van der Waals surface area contributed by atoms with E-state index in [2.05, 4.69) is 10.4 Å². The number of methoxy groups -OCH3 is 1. The van der Waals surface area contributed by atoms with Crippen molar-refractivity contribution in [3.8, 4) is 5.75 Å². The number of hydrogen-bond acceptors (Lipinski definition) is 5. The van der Waals surface area contributed by atoms with E-state index in [1.54, 1.807) is 31.3 Å². The molecule has 0 bridgehead atoms. The molecule has 0 radical (unpaired) electrons. The van der Waals surface area contributed by atoms with E-state index in [1.807, 2.05) is 0 Å². The molecule has 0 unspecified atom stereocenters. The second-order valence-electron chi connectivity index (χ2n) is 6.04. The molecule has 1 heterocycles. The number of rotatable bonds is 6. The molecule has 3 aromatic rings. The molecule has 0 fully saturated rings. The summed E-state index contributed by atoms with van der Waals surface area (Å²) in [6.45, 7) is -0.0238. The molecule has 29 heavy (non-hydrogen) atoms. The van der Waals surface area contributed by atoms with Crippen molar-refractivity contribution in [2.24, 2.45) is 7.05 Å². The molecule has 0 aliphatic rings. The summed E-state index contributed by atoms with van der Waals surface area (Å²) < 4.78 is 38.0. The average Bonchev–Trinajstić information content (AvgIpc) is 3.07. The molecule has 2 aromatic carbocycles.